The molecule has 0 radical (unpaired) electrons. The first kappa shape index (κ1) is 14.1. The summed E-state index contributed by atoms with van der Waals surface area (Å²) in [5.41, 5.74) is -0.0256. The Morgan fingerprint density at radius 2 is 2.10 bits per heavy atom. The lowest BCUT2D eigenvalue weighted by Gasteiger charge is -2.17. The molecule has 6 heteroatoms. The van der Waals surface area contributed by atoms with E-state index < -0.39 is 11.4 Å². The number of carboxylic acid groups (broad SMARTS) is 1. The predicted octanol–water partition coefficient (Wildman–Crippen LogP) is 1.01. The van der Waals surface area contributed by atoms with Gasteiger partial charge in [0, 0.05) is 12.2 Å². The highest BCUT2D eigenvalue weighted by atomic mass is 16.5. The number of benzene rings is 1. The average Bonchev–Trinajstić information content (AvgIpc) is 2.42. The number of hydrogen-bond donors (Lipinski definition) is 2. The van der Waals surface area contributed by atoms with Crippen molar-refractivity contribution < 1.29 is 19.7 Å². The molecule has 0 bridgehead atoms. The van der Waals surface area contributed by atoms with E-state index in [9.17, 15) is 19.8 Å². The molecular weight excluding hydrogens is 262 g/mol. The Hall–Kier alpha value is -2.34. The van der Waals surface area contributed by atoms with Crippen LogP contribution < -0.4 is 10.2 Å². The fourth-order valence-corrected chi connectivity index (χ4v) is 2.38. The lowest BCUT2D eigenvalue weighted by molar-refractivity contribution is 0.0693. The van der Waals surface area contributed by atoms with Crippen LogP contribution in [0.4, 0.5) is 0 Å². The molecule has 106 valence electrons. The number of aromatic carboxylic acids is 1. The first-order valence-electron chi connectivity index (χ1n) is 6.07. The maximum Gasteiger partial charge on any atom is 0.341 e. The highest BCUT2D eigenvalue weighted by Gasteiger charge is 2.20. The largest absolute Gasteiger partial charge is 0.495 e. The van der Waals surface area contributed by atoms with Crippen LogP contribution >= 0.6 is 0 Å². The van der Waals surface area contributed by atoms with Crippen LogP contribution in [0.2, 0.25) is 0 Å². The van der Waals surface area contributed by atoms with Gasteiger partial charge < -0.3 is 19.5 Å². The average molecular weight is 277 g/mol. The summed E-state index contributed by atoms with van der Waals surface area (Å²) in [4.78, 5) is 23.6. The van der Waals surface area contributed by atoms with E-state index in [0.717, 1.165) is 0 Å². The molecule has 1 aromatic carbocycles. The molecule has 0 unspecified atom stereocenters. The molecule has 0 aliphatic heterocycles. The highest BCUT2D eigenvalue weighted by Crippen LogP contribution is 2.25. The molecule has 2 rings (SSSR count). The Kier molecular flexibility index (Phi) is 3.76. The Balaban J connectivity index is 3.03. The van der Waals surface area contributed by atoms with E-state index in [0.29, 0.717) is 17.0 Å². The van der Waals surface area contributed by atoms with Crippen LogP contribution in [0.1, 0.15) is 16.1 Å². The van der Waals surface area contributed by atoms with E-state index >= 15 is 0 Å². The van der Waals surface area contributed by atoms with Gasteiger partial charge in [-0.2, -0.15) is 0 Å². The number of rotatable bonds is 4. The van der Waals surface area contributed by atoms with Crippen LogP contribution in [0.25, 0.3) is 10.9 Å². The molecule has 0 spiro atoms. The molecule has 0 saturated carbocycles. The number of carboxylic acids is 1. The molecule has 0 atom stereocenters. The zero-order valence-corrected chi connectivity index (χ0v) is 11.2. The fraction of sp³-hybridized carbons (Fsp3) is 0.286. The normalized spacial score (nSPS) is 10.8. The summed E-state index contributed by atoms with van der Waals surface area (Å²) in [6.07, 6.45) is 0. The van der Waals surface area contributed by atoms with Gasteiger partial charge in [0.2, 0.25) is 5.43 Å². The van der Waals surface area contributed by atoms with Gasteiger partial charge in [0.1, 0.15) is 11.3 Å². The minimum Gasteiger partial charge on any atom is -0.495 e. The number of fused-ring (bicyclic) bond motifs is 1. The van der Waals surface area contributed by atoms with Crippen LogP contribution in [0.15, 0.2) is 23.0 Å². The number of methoxy groups -OCH3 is 1. The maximum atomic E-state index is 12.3. The molecule has 20 heavy (non-hydrogen) atoms. The van der Waals surface area contributed by atoms with Gasteiger partial charge in [-0.1, -0.05) is 6.07 Å². The molecule has 0 saturated heterocycles. The van der Waals surface area contributed by atoms with Crippen molar-refractivity contribution in [1.29, 1.82) is 0 Å². The molecule has 0 aliphatic carbocycles. The molecule has 1 heterocycles. The van der Waals surface area contributed by atoms with Crippen molar-refractivity contribution in [3.8, 4) is 5.75 Å². The summed E-state index contributed by atoms with van der Waals surface area (Å²) < 4.78 is 6.83. The third-order valence-corrected chi connectivity index (χ3v) is 3.26. The molecular formula is C14H15NO5. The molecule has 2 N–H and O–H groups in total. The number of carbonyl (C=O) groups is 1. The SMILES string of the molecule is COc1cccc2c(=O)c(C(=O)O)c(C)n(CCO)c12. The number of pyridine rings is 1. The summed E-state index contributed by atoms with van der Waals surface area (Å²) in [7, 11) is 1.48. The van der Waals surface area contributed by atoms with Crippen LogP contribution in [0, 0.1) is 6.92 Å². The Bertz CT molecular complexity index is 732. The number of aromatic nitrogens is 1. The van der Waals surface area contributed by atoms with Crippen molar-refractivity contribution in [2.24, 2.45) is 0 Å². The number of nitrogens with zero attached hydrogens (tertiary/aromatic N) is 1. The van der Waals surface area contributed by atoms with Crippen molar-refractivity contribution in [3.63, 3.8) is 0 Å². The van der Waals surface area contributed by atoms with Gasteiger partial charge in [-0.15, -0.1) is 0 Å². The van der Waals surface area contributed by atoms with E-state index in [1.807, 2.05) is 0 Å². The Morgan fingerprint density at radius 1 is 1.40 bits per heavy atom. The van der Waals surface area contributed by atoms with Crippen LogP contribution in [0.5, 0.6) is 5.75 Å². The van der Waals surface area contributed by atoms with Crippen LogP contribution in [-0.4, -0.2) is 34.5 Å². The molecule has 0 amide bonds. The first-order valence-corrected chi connectivity index (χ1v) is 6.07. The third-order valence-electron chi connectivity index (χ3n) is 3.26. The Morgan fingerprint density at radius 3 is 2.65 bits per heavy atom. The van der Waals surface area contributed by atoms with Crippen molar-refractivity contribution in [2.75, 3.05) is 13.7 Å². The van der Waals surface area contributed by atoms with E-state index in [4.69, 9.17) is 4.74 Å². The first-order chi connectivity index (χ1) is 9.52. The van der Waals surface area contributed by atoms with Gasteiger partial charge in [-0.05, 0) is 19.1 Å². The second-order valence-corrected chi connectivity index (χ2v) is 4.33. The lowest BCUT2D eigenvalue weighted by Crippen LogP contribution is -2.23. The van der Waals surface area contributed by atoms with Crippen LogP contribution in [0.3, 0.4) is 0 Å². The fourth-order valence-electron chi connectivity index (χ4n) is 2.38. The number of hydrogen-bond acceptors (Lipinski definition) is 4. The third kappa shape index (κ3) is 2.04. The zero-order valence-electron chi connectivity index (χ0n) is 11.2. The van der Waals surface area contributed by atoms with Gasteiger partial charge in [-0.25, -0.2) is 4.79 Å². The van der Waals surface area contributed by atoms with Gasteiger partial charge >= 0.3 is 5.97 Å². The van der Waals surface area contributed by atoms with E-state index in [2.05, 4.69) is 0 Å². The monoisotopic (exact) mass is 277 g/mol. The van der Waals surface area contributed by atoms with Gasteiger partial charge in [0.25, 0.3) is 0 Å². The Labute approximate surface area is 114 Å². The number of aliphatic hydroxyl groups is 1. The summed E-state index contributed by atoms with van der Waals surface area (Å²) in [6.45, 7) is 1.56. The number of aliphatic hydroxyl groups excluding tert-OH is 1. The summed E-state index contributed by atoms with van der Waals surface area (Å²) in [5, 5.41) is 18.7. The number of ether oxygens (including phenoxy) is 1. The minimum atomic E-state index is -1.27. The van der Waals surface area contributed by atoms with Gasteiger partial charge in [0.05, 0.1) is 24.6 Å². The van der Waals surface area contributed by atoms with Crippen molar-refractivity contribution in [1.82, 2.24) is 4.57 Å². The second-order valence-electron chi connectivity index (χ2n) is 4.33. The molecule has 1 aromatic heterocycles. The van der Waals surface area contributed by atoms with Crippen molar-refractivity contribution in [2.45, 2.75) is 13.5 Å². The lowest BCUT2D eigenvalue weighted by atomic mass is 10.1. The minimum absolute atomic E-state index is 0.171. The second kappa shape index (κ2) is 5.34. The zero-order chi connectivity index (χ0) is 14.9. The number of para-hydroxylation sites is 1. The van der Waals surface area contributed by atoms with Gasteiger partial charge in [-0.3, -0.25) is 4.79 Å². The molecule has 0 fully saturated rings. The van der Waals surface area contributed by atoms with E-state index in [1.165, 1.54) is 7.11 Å². The predicted molar refractivity (Wildman–Crippen MR) is 73.5 cm³/mol. The van der Waals surface area contributed by atoms with Crippen LogP contribution in [-0.2, 0) is 6.54 Å². The van der Waals surface area contributed by atoms with E-state index in [1.54, 1.807) is 29.7 Å². The standard InChI is InChI=1S/C14H15NO5/c1-8-11(14(18)19)13(17)9-4-3-5-10(20-2)12(9)15(8)6-7-16/h3-5,16H,6-7H2,1-2H3,(H,18,19). The summed E-state index contributed by atoms with van der Waals surface area (Å²) in [6, 6.07) is 4.88. The molecule has 0 aliphatic rings. The quantitative estimate of drug-likeness (QED) is 0.870. The molecule has 2 aromatic rings. The molecule has 6 nitrogen and oxygen atoms in total. The summed E-state index contributed by atoms with van der Waals surface area (Å²) >= 11 is 0. The highest BCUT2D eigenvalue weighted by molar-refractivity contribution is 5.95. The van der Waals surface area contributed by atoms with Gasteiger partial charge in [0.15, 0.2) is 0 Å². The van der Waals surface area contributed by atoms with E-state index in [-0.39, 0.29) is 24.1 Å². The smallest absolute Gasteiger partial charge is 0.341 e. The van der Waals surface area contributed by atoms with Crippen molar-refractivity contribution >= 4 is 16.9 Å². The topological polar surface area (TPSA) is 88.8 Å². The maximum absolute atomic E-state index is 12.3. The summed E-state index contributed by atoms with van der Waals surface area (Å²) in [5.74, 6) is -0.808. The van der Waals surface area contributed by atoms with Crippen molar-refractivity contribution in [3.05, 3.63) is 39.7 Å².